The van der Waals surface area contributed by atoms with Gasteiger partial charge in [-0.1, -0.05) is 6.07 Å². The molecule has 0 aliphatic rings. The normalized spacial score (nSPS) is 8.44. The Morgan fingerprint density at radius 1 is 1.56 bits per heavy atom. The van der Waals surface area contributed by atoms with E-state index in [2.05, 4.69) is 9.35 Å². The molecule has 0 amide bonds. The van der Waals surface area contributed by atoms with Crippen LogP contribution in [0, 0.1) is 0 Å². The fourth-order valence-corrected chi connectivity index (χ4v) is 0.630. The fourth-order valence-electron chi connectivity index (χ4n) is 0.446. The molecule has 9 heavy (non-hydrogen) atoms. The number of pyridine rings is 1. The van der Waals surface area contributed by atoms with Gasteiger partial charge >= 0.3 is 0 Å². The van der Waals surface area contributed by atoms with Crippen molar-refractivity contribution < 1.29 is 4.21 Å². The van der Waals surface area contributed by atoms with E-state index in [4.69, 9.17) is 0 Å². The van der Waals surface area contributed by atoms with Gasteiger partial charge in [0.2, 0.25) is 11.5 Å². The molecule has 1 heterocycles. The SMILES string of the molecule is O=S=Nc1ccccn1. The molecule has 0 atom stereocenters. The lowest BCUT2D eigenvalue weighted by Crippen LogP contribution is -1.66. The van der Waals surface area contributed by atoms with E-state index in [1.165, 1.54) is 0 Å². The summed E-state index contributed by atoms with van der Waals surface area (Å²) in [5.41, 5.74) is 0. The van der Waals surface area contributed by atoms with Crippen molar-refractivity contribution in [3.8, 4) is 0 Å². The summed E-state index contributed by atoms with van der Waals surface area (Å²) in [4.78, 5) is 3.78. The maximum absolute atomic E-state index is 9.81. The van der Waals surface area contributed by atoms with Gasteiger partial charge in [0.1, 0.15) is 0 Å². The number of nitrogens with zero attached hydrogens (tertiary/aromatic N) is 2. The summed E-state index contributed by atoms with van der Waals surface area (Å²) in [5.74, 6) is 0.470. The van der Waals surface area contributed by atoms with Crippen LogP contribution in [0.25, 0.3) is 0 Å². The van der Waals surface area contributed by atoms with E-state index >= 15 is 0 Å². The highest BCUT2D eigenvalue weighted by Crippen LogP contribution is 2.02. The lowest BCUT2D eigenvalue weighted by molar-refractivity contribution is 0.698. The number of rotatable bonds is 1. The van der Waals surface area contributed by atoms with Gasteiger partial charge in [-0.15, -0.1) is 4.36 Å². The van der Waals surface area contributed by atoms with E-state index in [1.807, 2.05) is 0 Å². The van der Waals surface area contributed by atoms with Crippen LogP contribution in [0.15, 0.2) is 28.8 Å². The van der Waals surface area contributed by atoms with E-state index in [-0.39, 0.29) is 11.5 Å². The van der Waals surface area contributed by atoms with E-state index < -0.39 is 0 Å². The Bertz CT molecular complexity index is 230. The van der Waals surface area contributed by atoms with E-state index in [9.17, 15) is 4.21 Å². The second-order valence-electron chi connectivity index (χ2n) is 1.35. The molecule has 0 aromatic carbocycles. The van der Waals surface area contributed by atoms with Crippen LogP contribution >= 0.6 is 0 Å². The maximum atomic E-state index is 9.81. The number of aromatic nitrogens is 1. The van der Waals surface area contributed by atoms with Gasteiger partial charge in [0.05, 0.1) is 0 Å². The molecule has 4 heteroatoms. The summed E-state index contributed by atoms with van der Waals surface area (Å²) < 4.78 is 13.3. The molecule has 0 aliphatic heterocycles. The zero-order valence-corrected chi connectivity index (χ0v) is 5.34. The number of hydrogen-bond donors (Lipinski definition) is 0. The molecule has 0 unspecified atom stereocenters. The molecule has 3 nitrogen and oxygen atoms in total. The first kappa shape index (κ1) is 6.10. The highest BCUT2D eigenvalue weighted by atomic mass is 32.1. The van der Waals surface area contributed by atoms with Crippen molar-refractivity contribution in [2.75, 3.05) is 0 Å². The molecule has 0 aliphatic carbocycles. The van der Waals surface area contributed by atoms with Crippen molar-refractivity contribution >= 4 is 17.3 Å². The summed E-state index contributed by atoms with van der Waals surface area (Å²) >= 11 is 0.167. The zero-order valence-electron chi connectivity index (χ0n) is 4.52. The summed E-state index contributed by atoms with van der Waals surface area (Å²) in [6.45, 7) is 0. The average molecular weight is 140 g/mol. The van der Waals surface area contributed by atoms with Crippen molar-refractivity contribution in [3.05, 3.63) is 24.4 Å². The van der Waals surface area contributed by atoms with Gasteiger partial charge in [0.25, 0.3) is 0 Å². The Kier molecular flexibility index (Phi) is 2.09. The standard InChI is InChI=1S/C5H4N2OS/c8-9-7-5-3-1-2-4-6-5/h1-4H. The topological polar surface area (TPSA) is 42.3 Å². The molecule has 0 fully saturated rings. The molecule has 46 valence electrons. The quantitative estimate of drug-likeness (QED) is 0.586. The molecule has 1 rings (SSSR count). The monoisotopic (exact) mass is 140 g/mol. The summed E-state index contributed by atoms with van der Waals surface area (Å²) in [6, 6.07) is 5.22. The van der Waals surface area contributed by atoms with Crippen LogP contribution in [0.4, 0.5) is 5.82 Å². The highest BCUT2D eigenvalue weighted by molar-refractivity contribution is 7.54. The second kappa shape index (κ2) is 3.09. The number of hydrogen-bond acceptors (Lipinski definition) is 3. The first-order chi connectivity index (χ1) is 4.43. The molecule has 0 spiro atoms. The van der Waals surface area contributed by atoms with Crippen LogP contribution < -0.4 is 0 Å². The largest absolute Gasteiger partial charge is 0.236 e. The Morgan fingerprint density at radius 3 is 3.00 bits per heavy atom. The van der Waals surface area contributed by atoms with E-state index in [0.717, 1.165) is 0 Å². The predicted octanol–water partition coefficient (Wildman–Crippen LogP) is 1.11. The first-order valence-corrected chi connectivity index (χ1v) is 3.04. The first-order valence-electron chi connectivity index (χ1n) is 2.34. The van der Waals surface area contributed by atoms with E-state index in [1.54, 1.807) is 24.4 Å². The summed E-state index contributed by atoms with van der Waals surface area (Å²) in [6.07, 6.45) is 1.59. The van der Waals surface area contributed by atoms with Gasteiger partial charge in [-0.2, -0.15) is 4.21 Å². The van der Waals surface area contributed by atoms with Crippen LogP contribution in [0.5, 0.6) is 0 Å². The second-order valence-corrected chi connectivity index (χ2v) is 1.69. The van der Waals surface area contributed by atoms with Gasteiger partial charge in [-0.05, 0) is 12.1 Å². The Morgan fingerprint density at radius 2 is 2.44 bits per heavy atom. The molecule has 0 saturated heterocycles. The molecule has 0 N–H and O–H groups in total. The third kappa shape index (κ3) is 1.73. The highest BCUT2D eigenvalue weighted by Gasteiger charge is 1.81. The van der Waals surface area contributed by atoms with Crippen LogP contribution in [-0.4, -0.2) is 9.19 Å². The maximum Gasteiger partial charge on any atom is 0.206 e. The minimum atomic E-state index is 0.167. The van der Waals surface area contributed by atoms with Crippen molar-refractivity contribution in [2.24, 2.45) is 4.36 Å². The van der Waals surface area contributed by atoms with Gasteiger partial charge in [0.15, 0.2) is 5.82 Å². The smallest absolute Gasteiger partial charge is 0.206 e. The van der Waals surface area contributed by atoms with Gasteiger partial charge in [-0.3, -0.25) is 0 Å². The molecular weight excluding hydrogens is 136 g/mol. The predicted molar refractivity (Wildman–Crippen MR) is 34.5 cm³/mol. The molecule has 0 bridgehead atoms. The van der Waals surface area contributed by atoms with Crippen molar-refractivity contribution in [2.45, 2.75) is 0 Å². The van der Waals surface area contributed by atoms with Crippen molar-refractivity contribution in [1.29, 1.82) is 0 Å². The van der Waals surface area contributed by atoms with Crippen LogP contribution in [-0.2, 0) is 11.5 Å². The van der Waals surface area contributed by atoms with Crippen LogP contribution in [0.3, 0.4) is 0 Å². The van der Waals surface area contributed by atoms with Gasteiger partial charge in [0, 0.05) is 6.20 Å². The van der Waals surface area contributed by atoms with E-state index in [0.29, 0.717) is 5.82 Å². The van der Waals surface area contributed by atoms with Crippen molar-refractivity contribution in [1.82, 2.24) is 4.98 Å². The molecule has 0 radical (unpaired) electrons. The van der Waals surface area contributed by atoms with Crippen LogP contribution in [0.2, 0.25) is 0 Å². The summed E-state index contributed by atoms with van der Waals surface area (Å²) in [5, 5.41) is 0. The molecule has 1 aromatic heterocycles. The third-order valence-corrected chi connectivity index (χ3v) is 1.04. The van der Waals surface area contributed by atoms with Crippen LogP contribution in [0.1, 0.15) is 0 Å². The Balaban J connectivity index is 2.97. The lowest BCUT2D eigenvalue weighted by Gasteiger charge is -1.82. The minimum Gasteiger partial charge on any atom is -0.236 e. The zero-order chi connectivity index (χ0) is 6.53. The van der Waals surface area contributed by atoms with Crippen molar-refractivity contribution in [3.63, 3.8) is 0 Å². The minimum absolute atomic E-state index is 0.167. The average Bonchev–Trinajstić information content (AvgIpc) is 1.91. The third-order valence-electron chi connectivity index (χ3n) is 0.780. The molecule has 0 saturated carbocycles. The Hall–Kier alpha value is -1.03. The fraction of sp³-hybridized carbons (Fsp3) is 0. The lowest BCUT2D eigenvalue weighted by atomic mass is 10.5. The Labute approximate surface area is 56.0 Å². The molecule has 1 aromatic rings. The van der Waals surface area contributed by atoms with Gasteiger partial charge < -0.3 is 0 Å². The van der Waals surface area contributed by atoms with Gasteiger partial charge in [-0.25, -0.2) is 4.98 Å². The summed E-state index contributed by atoms with van der Waals surface area (Å²) in [7, 11) is 0. The molecular formula is C5H4N2OS.